The maximum atomic E-state index is 12.5. The lowest BCUT2D eigenvalue weighted by molar-refractivity contribution is 0.102. The number of benzene rings is 2. The van der Waals surface area contributed by atoms with Gasteiger partial charge in [-0.25, -0.2) is 8.42 Å². The van der Waals surface area contributed by atoms with Crippen LogP contribution in [0.2, 0.25) is 5.02 Å². The molecule has 0 bridgehead atoms. The van der Waals surface area contributed by atoms with E-state index in [9.17, 15) is 13.2 Å². The van der Waals surface area contributed by atoms with E-state index in [2.05, 4.69) is 5.32 Å². The van der Waals surface area contributed by atoms with Gasteiger partial charge < -0.3 is 10.1 Å². The molecule has 1 fully saturated rings. The fraction of sp³-hybridized carbons (Fsp3) is 0.316. The summed E-state index contributed by atoms with van der Waals surface area (Å²) in [4.78, 5) is 12.6. The van der Waals surface area contributed by atoms with Crippen molar-refractivity contribution in [3.05, 3.63) is 53.1 Å². The number of hydrogen-bond acceptors (Lipinski definition) is 4. The van der Waals surface area contributed by atoms with Gasteiger partial charge in [0, 0.05) is 18.0 Å². The van der Waals surface area contributed by atoms with Crippen molar-refractivity contribution in [3.63, 3.8) is 0 Å². The number of amides is 1. The van der Waals surface area contributed by atoms with Gasteiger partial charge in [-0.3, -0.25) is 4.79 Å². The summed E-state index contributed by atoms with van der Waals surface area (Å²) in [7, 11) is -3.43. The maximum absolute atomic E-state index is 12.5. The number of rotatable bonds is 5. The lowest BCUT2D eigenvalue weighted by atomic mass is 10.2. The summed E-state index contributed by atoms with van der Waals surface area (Å²) < 4.78 is 29.3. The third kappa shape index (κ3) is 4.56. The van der Waals surface area contributed by atoms with Crippen LogP contribution < -0.4 is 10.1 Å². The summed E-state index contributed by atoms with van der Waals surface area (Å²) in [6.45, 7) is 0. The van der Waals surface area contributed by atoms with E-state index in [0.29, 0.717) is 11.4 Å². The average Bonchev–Trinajstić information content (AvgIpc) is 3.07. The molecule has 0 saturated heterocycles. The molecule has 0 unspecified atom stereocenters. The third-order valence-electron chi connectivity index (χ3n) is 4.31. The number of ether oxygens (including phenoxy) is 1. The summed E-state index contributed by atoms with van der Waals surface area (Å²) in [5.74, 6) is 0.226. The topological polar surface area (TPSA) is 72.5 Å². The molecule has 1 saturated carbocycles. The lowest BCUT2D eigenvalue weighted by Crippen LogP contribution is -2.14. The van der Waals surface area contributed by atoms with E-state index in [1.165, 1.54) is 31.0 Å². The highest BCUT2D eigenvalue weighted by atomic mass is 35.5. The minimum absolute atomic E-state index is 0.0466. The van der Waals surface area contributed by atoms with Crippen LogP contribution in [0.1, 0.15) is 36.0 Å². The van der Waals surface area contributed by atoms with Crippen molar-refractivity contribution in [1.82, 2.24) is 0 Å². The first-order chi connectivity index (χ1) is 12.3. The maximum Gasteiger partial charge on any atom is 0.257 e. The van der Waals surface area contributed by atoms with Crippen molar-refractivity contribution in [1.29, 1.82) is 0 Å². The molecular formula is C19H20ClNO4S. The van der Waals surface area contributed by atoms with Crippen molar-refractivity contribution < 1.29 is 17.9 Å². The van der Waals surface area contributed by atoms with Crippen LogP contribution in [-0.4, -0.2) is 26.7 Å². The molecule has 1 amide bonds. The fourth-order valence-corrected chi connectivity index (χ4v) is 3.80. The highest BCUT2D eigenvalue weighted by Crippen LogP contribution is 2.27. The first kappa shape index (κ1) is 18.7. The summed E-state index contributed by atoms with van der Waals surface area (Å²) in [6, 6.07) is 11.2. The molecule has 0 heterocycles. The predicted octanol–water partition coefficient (Wildman–Crippen LogP) is 4.32. The molecule has 1 aliphatic carbocycles. The van der Waals surface area contributed by atoms with E-state index >= 15 is 0 Å². The first-order valence-corrected chi connectivity index (χ1v) is 10.7. The zero-order chi connectivity index (χ0) is 18.7. The molecule has 1 aliphatic rings. The number of nitrogens with one attached hydrogen (secondary N) is 1. The van der Waals surface area contributed by atoms with Crippen LogP contribution in [0.5, 0.6) is 5.75 Å². The largest absolute Gasteiger partial charge is 0.490 e. The van der Waals surface area contributed by atoms with Gasteiger partial charge in [0.1, 0.15) is 5.75 Å². The molecule has 3 rings (SSSR count). The summed E-state index contributed by atoms with van der Waals surface area (Å²) in [6.07, 6.45) is 5.75. The van der Waals surface area contributed by atoms with Crippen LogP contribution in [0.3, 0.4) is 0 Å². The highest BCUT2D eigenvalue weighted by Gasteiger charge is 2.18. The Balaban J connectivity index is 1.77. The van der Waals surface area contributed by atoms with E-state index in [-0.39, 0.29) is 21.6 Å². The zero-order valence-corrected chi connectivity index (χ0v) is 15.9. The molecule has 2 aromatic carbocycles. The molecule has 0 aliphatic heterocycles. The van der Waals surface area contributed by atoms with Crippen LogP contribution in [0.4, 0.5) is 5.69 Å². The van der Waals surface area contributed by atoms with Gasteiger partial charge in [0.25, 0.3) is 5.91 Å². The van der Waals surface area contributed by atoms with Crippen LogP contribution >= 0.6 is 11.6 Å². The molecule has 7 heteroatoms. The Labute approximate surface area is 158 Å². The van der Waals surface area contributed by atoms with Gasteiger partial charge in [0.15, 0.2) is 9.84 Å². The molecule has 138 valence electrons. The van der Waals surface area contributed by atoms with Gasteiger partial charge >= 0.3 is 0 Å². The number of carbonyl (C=O) groups is 1. The molecule has 26 heavy (non-hydrogen) atoms. The SMILES string of the molecule is CS(=O)(=O)c1ccc(Cl)c(C(=O)Nc2cccc(OC3CCCC3)c2)c1. The minimum atomic E-state index is -3.43. The minimum Gasteiger partial charge on any atom is -0.490 e. The van der Waals surface area contributed by atoms with Crippen molar-refractivity contribution in [3.8, 4) is 5.75 Å². The number of hydrogen-bond donors (Lipinski definition) is 1. The predicted molar refractivity (Wildman–Crippen MR) is 102 cm³/mol. The fourth-order valence-electron chi connectivity index (χ4n) is 2.95. The lowest BCUT2D eigenvalue weighted by Gasteiger charge is -2.14. The molecule has 1 N–H and O–H groups in total. The van der Waals surface area contributed by atoms with Crippen LogP contribution in [0.25, 0.3) is 0 Å². The second-order valence-corrected chi connectivity index (χ2v) is 8.84. The second kappa shape index (κ2) is 7.68. The van der Waals surface area contributed by atoms with Gasteiger partial charge in [0.05, 0.1) is 21.6 Å². The molecule has 5 nitrogen and oxygen atoms in total. The third-order valence-corrected chi connectivity index (χ3v) is 5.75. The molecule has 0 aromatic heterocycles. The Kier molecular flexibility index (Phi) is 5.53. The van der Waals surface area contributed by atoms with E-state index in [0.717, 1.165) is 19.1 Å². The van der Waals surface area contributed by atoms with Gasteiger partial charge in [-0.05, 0) is 56.0 Å². The Morgan fingerprint density at radius 1 is 1.15 bits per heavy atom. The zero-order valence-electron chi connectivity index (χ0n) is 14.4. The number of sulfone groups is 1. The van der Waals surface area contributed by atoms with Crippen molar-refractivity contribution in [2.24, 2.45) is 0 Å². The van der Waals surface area contributed by atoms with Crippen molar-refractivity contribution in [2.75, 3.05) is 11.6 Å². The van der Waals surface area contributed by atoms with Crippen LogP contribution in [0.15, 0.2) is 47.4 Å². The van der Waals surface area contributed by atoms with Gasteiger partial charge in [0.2, 0.25) is 0 Å². The Hall–Kier alpha value is -2.05. The van der Waals surface area contributed by atoms with Gasteiger partial charge in [-0.15, -0.1) is 0 Å². The smallest absolute Gasteiger partial charge is 0.257 e. The van der Waals surface area contributed by atoms with E-state index in [1.807, 2.05) is 6.07 Å². The number of halogens is 1. The first-order valence-electron chi connectivity index (χ1n) is 8.40. The monoisotopic (exact) mass is 393 g/mol. The molecule has 0 spiro atoms. The molecule has 2 aromatic rings. The van der Waals surface area contributed by atoms with E-state index < -0.39 is 15.7 Å². The molecule has 0 radical (unpaired) electrons. The summed E-state index contributed by atoms with van der Waals surface area (Å²) >= 11 is 6.07. The number of anilines is 1. The normalized spacial score (nSPS) is 15.0. The van der Waals surface area contributed by atoms with Crippen molar-refractivity contribution in [2.45, 2.75) is 36.7 Å². The second-order valence-electron chi connectivity index (χ2n) is 6.42. The standard InChI is InChI=1S/C19H20ClNO4S/c1-26(23,24)16-9-10-18(20)17(12-16)19(22)21-13-5-4-8-15(11-13)25-14-6-2-3-7-14/h4-5,8-12,14H,2-3,6-7H2,1H3,(H,21,22). The number of carbonyl (C=O) groups excluding carboxylic acids is 1. The average molecular weight is 394 g/mol. The van der Waals surface area contributed by atoms with Gasteiger partial charge in [-0.1, -0.05) is 17.7 Å². The van der Waals surface area contributed by atoms with Crippen LogP contribution in [-0.2, 0) is 9.84 Å². The highest BCUT2D eigenvalue weighted by molar-refractivity contribution is 7.90. The molecular weight excluding hydrogens is 374 g/mol. The quantitative estimate of drug-likeness (QED) is 0.821. The van der Waals surface area contributed by atoms with E-state index in [4.69, 9.17) is 16.3 Å². The summed E-state index contributed by atoms with van der Waals surface area (Å²) in [5.41, 5.74) is 0.669. The Morgan fingerprint density at radius 3 is 2.58 bits per heavy atom. The summed E-state index contributed by atoms with van der Waals surface area (Å²) in [5, 5.41) is 2.93. The Morgan fingerprint density at radius 2 is 1.88 bits per heavy atom. The van der Waals surface area contributed by atoms with Crippen LogP contribution in [0, 0.1) is 0 Å². The Bertz CT molecular complexity index is 921. The molecule has 0 atom stereocenters. The van der Waals surface area contributed by atoms with Gasteiger partial charge in [-0.2, -0.15) is 0 Å². The van der Waals surface area contributed by atoms with Crippen molar-refractivity contribution >= 4 is 33.0 Å². The van der Waals surface area contributed by atoms with E-state index in [1.54, 1.807) is 18.2 Å².